The third-order valence-corrected chi connectivity index (χ3v) is 3.53. The smallest absolute Gasteiger partial charge is 0.191 e. The standard InChI is InChI=1S/C18H25N3O3.HI/c1-4-19-18(21-12-15(22)16-6-5-9-24-16)20-11-14-8-7-13(2)10-17(14)23-3;/h5-10,15,22H,4,11-12H2,1-3H3,(H2,19,20,21);1H. The number of hydrogen-bond donors (Lipinski definition) is 3. The van der Waals surface area contributed by atoms with Gasteiger partial charge in [-0.15, -0.1) is 24.0 Å². The average Bonchev–Trinajstić information content (AvgIpc) is 3.12. The maximum absolute atomic E-state index is 10.1. The molecule has 1 heterocycles. The number of halogens is 1. The summed E-state index contributed by atoms with van der Waals surface area (Å²) in [6.45, 7) is 5.54. The highest BCUT2D eigenvalue weighted by Gasteiger charge is 2.11. The molecule has 0 fully saturated rings. The van der Waals surface area contributed by atoms with Crippen LogP contribution < -0.4 is 15.4 Å². The van der Waals surface area contributed by atoms with Gasteiger partial charge in [-0.3, -0.25) is 0 Å². The monoisotopic (exact) mass is 459 g/mol. The third kappa shape index (κ3) is 6.58. The molecule has 0 aliphatic heterocycles. The van der Waals surface area contributed by atoms with E-state index in [1.165, 1.54) is 0 Å². The van der Waals surface area contributed by atoms with Crippen LogP contribution in [-0.2, 0) is 6.54 Å². The molecule has 2 rings (SSSR count). The largest absolute Gasteiger partial charge is 0.496 e. The number of aliphatic hydroxyl groups excluding tert-OH is 1. The molecule has 2 aromatic rings. The Bertz CT molecular complexity index is 660. The molecule has 0 saturated heterocycles. The van der Waals surface area contributed by atoms with Crippen LogP contribution in [0.25, 0.3) is 0 Å². The van der Waals surface area contributed by atoms with Gasteiger partial charge in [-0.2, -0.15) is 0 Å². The lowest BCUT2D eigenvalue weighted by Crippen LogP contribution is -2.39. The topological polar surface area (TPSA) is 79.0 Å². The zero-order valence-electron chi connectivity index (χ0n) is 14.8. The summed E-state index contributed by atoms with van der Waals surface area (Å²) in [7, 11) is 1.66. The van der Waals surface area contributed by atoms with E-state index < -0.39 is 6.10 Å². The molecular formula is C18H26IN3O3. The fraction of sp³-hybridized carbons (Fsp3) is 0.389. The Kier molecular flexibility index (Phi) is 9.36. The molecule has 7 heteroatoms. The van der Waals surface area contributed by atoms with Crippen molar-refractivity contribution in [1.29, 1.82) is 0 Å². The van der Waals surface area contributed by atoms with Gasteiger partial charge in [-0.05, 0) is 37.6 Å². The van der Waals surface area contributed by atoms with Crippen molar-refractivity contribution in [3.05, 3.63) is 53.5 Å². The van der Waals surface area contributed by atoms with Gasteiger partial charge in [0.05, 0.1) is 26.5 Å². The van der Waals surface area contributed by atoms with Crippen LogP contribution in [0.3, 0.4) is 0 Å². The molecular weight excluding hydrogens is 433 g/mol. The fourth-order valence-corrected chi connectivity index (χ4v) is 2.26. The van der Waals surface area contributed by atoms with Gasteiger partial charge in [-0.1, -0.05) is 12.1 Å². The van der Waals surface area contributed by atoms with Crippen molar-refractivity contribution in [3.8, 4) is 5.75 Å². The Morgan fingerprint density at radius 3 is 2.76 bits per heavy atom. The van der Waals surface area contributed by atoms with E-state index in [-0.39, 0.29) is 24.0 Å². The molecule has 1 aromatic carbocycles. The number of nitrogens with one attached hydrogen (secondary N) is 2. The van der Waals surface area contributed by atoms with Crippen molar-refractivity contribution >= 4 is 29.9 Å². The summed E-state index contributed by atoms with van der Waals surface area (Å²) in [5, 5.41) is 16.3. The fourth-order valence-electron chi connectivity index (χ4n) is 2.26. The van der Waals surface area contributed by atoms with E-state index in [2.05, 4.69) is 15.6 Å². The molecule has 25 heavy (non-hydrogen) atoms. The quantitative estimate of drug-likeness (QED) is 0.337. The number of benzene rings is 1. The summed E-state index contributed by atoms with van der Waals surface area (Å²) >= 11 is 0. The van der Waals surface area contributed by atoms with Crippen LogP contribution in [0.4, 0.5) is 0 Å². The molecule has 0 saturated carbocycles. The van der Waals surface area contributed by atoms with Crippen LogP contribution >= 0.6 is 24.0 Å². The van der Waals surface area contributed by atoms with E-state index in [0.717, 1.165) is 23.4 Å². The molecule has 1 aromatic heterocycles. The van der Waals surface area contributed by atoms with Crippen molar-refractivity contribution in [2.45, 2.75) is 26.5 Å². The molecule has 0 aliphatic rings. The van der Waals surface area contributed by atoms with Crippen molar-refractivity contribution in [3.63, 3.8) is 0 Å². The highest BCUT2D eigenvalue weighted by molar-refractivity contribution is 14.0. The number of aryl methyl sites for hydroxylation is 1. The minimum atomic E-state index is -0.724. The van der Waals surface area contributed by atoms with Crippen molar-refractivity contribution in [2.75, 3.05) is 20.2 Å². The van der Waals surface area contributed by atoms with Gasteiger partial charge < -0.3 is 24.9 Å². The molecule has 6 nitrogen and oxygen atoms in total. The summed E-state index contributed by atoms with van der Waals surface area (Å²) in [5.41, 5.74) is 2.15. The van der Waals surface area contributed by atoms with Crippen molar-refractivity contribution in [1.82, 2.24) is 10.6 Å². The number of aliphatic hydroxyl groups is 1. The Hall–Kier alpha value is -1.74. The predicted molar refractivity (Wildman–Crippen MR) is 110 cm³/mol. The van der Waals surface area contributed by atoms with E-state index in [0.29, 0.717) is 24.8 Å². The maximum Gasteiger partial charge on any atom is 0.191 e. The molecule has 0 bridgehead atoms. The summed E-state index contributed by atoms with van der Waals surface area (Å²) in [5.74, 6) is 1.98. The van der Waals surface area contributed by atoms with Crippen LogP contribution in [0.2, 0.25) is 0 Å². The highest BCUT2D eigenvalue weighted by Crippen LogP contribution is 2.20. The average molecular weight is 459 g/mol. The number of aliphatic imine (C=N–C) groups is 1. The molecule has 0 amide bonds. The second-order valence-electron chi connectivity index (χ2n) is 5.42. The Morgan fingerprint density at radius 2 is 2.12 bits per heavy atom. The van der Waals surface area contributed by atoms with E-state index in [4.69, 9.17) is 9.15 Å². The lowest BCUT2D eigenvalue weighted by molar-refractivity contribution is 0.153. The number of ether oxygens (including phenoxy) is 1. The lowest BCUT2D eigenvalue weighted by atomic mass is 10.1. The van der Waals surface area contributed by atoms with Gasteiger partial charge in [0, 0.05) is 12.1 Å². The number of methoxy groups -OCH3 is 1. The third-order valence-electron chi connectivity index (χ3n) is 3.53. The van der Waals surface area contributed by atoms with Crippen molar-refractivity contribution in [2.24, 2.45) is 4.99 Å². The first-order valence-corrected chi connectivity index (χ1v) is 8.01. The first kappa shape index (κ1) is 21.3. The molecule has 1 atom stereocenters. The van der Waals surface area contributed by atoms with Gasteiger partial charge in [0.1, 0.15) is 17.6 Å². The van der Waals surface area contributed by atoms with Gasteiger partial charge in [0.25, 0.3) is 0 Å². The normalized spacial score (nSPS) is 12.2. The molecule has 0 radical (unpaired) electrons. The molecule has 0 aliphatic carbocycles. The molecule has 3 N–H and O–H groups in total. The second-order valence-corrected chi connectivity index (χ2v) is 5.42. The molecule has 138 valence electrons. The number of rotatable bonds is 7. The summed E-state index contributed by atoms with van der Waals surface area (Å²) < 4.78 is 10.6. The minimum Gasteiger partial charge on any atom is -0.496 e. The van der Waals surface area contributed by atoms with Gasteiger partial charge in [0.15, 0.2) is 5.96 Å². The van der Waals surface area contributed by atoms with Crippen LogP contribution in [-0.4, -0.2) is 31.3 Å². The van der Waals surface area contributed by atoms with Gasteiger partial charge in [-0.25, -0.2) is 4.99 Å². The van der Waals surface area contributed by atoms with Crippen LogP contribution in [0.15, 0.2) is 46.0 Å². The molecule has 0 spiro atoms. The zero-order valence-corrected chi connectivity index (χ0v) is 17.1. The summed E-state index contributed by atoms with van der Waals surface area (Å²) in [6.07, 6.45) is 0.819. The Morgan fingerprint density at radius 1 is 1.32 bits per heavy atom. The number of hydrogen-bond acceptors (Lipinski definition) is 4. The SMILES string of the molecule is CCNC(=NCc1ccc(C)cc1OC)NCC(O)c1ccco1.I. The summed E-state index contributed by atoms with van der Waals surface area (Å²) in [4.78, 5) is 4.55. The van der Waals surface area contributed by atoms with E-state index in [9.17, 15) is 5.11 Å². The predicted octanol–water partition coefficient (Wildman–Crippen LogP) is 3.00. The lowest BCUT2D eigenvalue weighted by Gasteiger charge is -2.14. The Balaban J connectivity index is 0.00000312. The first-order valence-electron chi connectivity index (χ1n) is 8.01. The summed E-state index contributed by atoms with van der Waals surface area (Å²) in [6, 6.07) is 9.54. The van der Waals surface area contributed by atoms with Crippen LogP contribution in [0, 0.1) is 6.92 Å². The van der Waals surface area contributed by atoms with Crippen molar-refractivity contribution < 1.29 is 14.3 Å². The van der Waals surface area contributed by atoms with E-state index >= 15 is 0 Å². The Labute approximate surface area is 165 Å². The maximum atomic E-state index is 10.1. The molecule has 1 unspecified atom stereocenters. The number of furan rings is 1. The number of nitrogens with zero attached hydrogens (tertiary/aromatic N) is 1. The van der Waals surface area contributed by atoms with Gasteiger partial charge >= 0.3 is 0 Å². The second kappa shape index (κ2) is 11.0. The number of guanidine groups is 1. The van der Waals surface area contributed by atoms with Crippen LogP contribution in [0.5, 0.6) is 5.75 Å². The van der Waals surface area contributed by atoms with Gasteiger partial charge in [0.2, 0.25) is 0 Å². The van der Waals surface area contributed by atoms with E-state index in [1.807, 2.05) is 32.0 Å². The minimum absolute atomic E-state index is 0. The zero-order chi connectivity index (χ0) is 17.4. The van der Waals surface area contributed by atoms with Crippen LogP contribution in [0.1, 0.15) is 29.9 Å². The van der Waals surface area contributed by atoms with E-state index in [1.54, 1.807) is 25.5 Å². The highest BCUT2D eigenvalue weighted by atomic mass is 127. The first-order chi connectivity index (χ1) is 11.6.